The minimum absolute atomic E-state index is 0.0132. The maximum Gasteiger partial charge on any atom is 0.335 e. The first kappa shape index (κ1) is 19.0. The van der Waals surface area contributed by atoms with E-state index in [0.717, 1.165) is 0 Å². The van der Waals surface area contributed by atoms with Gasteiger partial charge in [0.1, 0.15) is 17.5 Å². The number of carbonyl (C=O) groups is 4. The first-order chi connectivity index (χ1) is 12.6. The standard InChI is InChI=1S/C18H18N2O6S/c1-4-18(3)13(17(25)26)20-14(22)12(15(20)27-18)19(9(2)21)11-7-5-6-10(8-11)16(23)24/h4-8,12-13,15H,1H2,2-3H3,(H,23,24)(H,25,26)/t12?,13?,15-,18-/m1/s1. The zero-order valence-corrected chi connectivity index (χ0v) is 15.5. The minimum Gasteiger partial charge on any atom is -0.480 e. The van der Waals surface area contributed by atoms with Crippen molar-refractivity contribution in [3.05, 3.63) is 42.5 Å². The molecule has 0 aliphatic carbocycles. The molecule has 2 saturated heterocycles. The molecule has 2 N–H and O–H groups in total. The number of aromatic carboxylic acids is 1. The van der Waals surface area contributed by atoms with E-state index >= 15 is 0 Å². The van der Waals surface area contributed by atoms with Gasteiger partial charge in [-0.2, -0.15) is 0 Å². The molecule has 2 unspecified atom stereocenters. The van der Waals surface area contributed by atoms with Gasteiger partial charge in [0.15, 0.2) is 0 Å². The number of hydrogen-bond acceptors (Lipinski definition) is 5. The summed E-state index contributed by atoms with van der Waals surface area (Å²) in [7, 11) is 0. The molecule has 2 heterocycles. The fourth-order valence-electron chi connectivity index (χ4n) is 3.56. The van der Waals surface area contributed by atoms with Crippen molar-refractivity contribution in [3.8, 4) is 0 Å². The van der Waals surface area contributed by atoms with Gasteiger partial charge in [0, 0.05) is 12.6 Å². The highest BCUT2D eigenvalue weighted by Gasteiger charge is 2.66. The predicted molar refractivity (Wildman–Crippen MR) is 98.6 cm³/mol. The number of rotatable bonds is 5. The van der Waals surface area contributed by atoms with E-state index in [1.165, 1.54) is 52.8 Å². The molecular formula is C18H18N2O6S. The van der Waals surface area contributed by atoms with Crippen LogP contribution in [0.1, 0.15) is 24.2 Å². The highest BCUT2D eigenvalue weighted by Crippen LogP contribution is 2.53. The Kier molecular flexibility index (Phi) is 4.51. The number of aliphatic carboxylic acids is 1. The summed E-state index contributed by atoms with van der Waals surface area (Å²) in [5.41, 5.74) is 0.265. The Labute approximate surface area is 159 Å². The van der Waals surface area contributed by atoms with Gasteiger partial charge in [0.2, 0.25) is 5.91 Å². The van der Waals surface area contributed by atoms with Gasteiger partial charge in [-0.1, -0.05) is 12.1 Å². The molecule has 27 heavy (non-hydrogen) atoms. The molecule has 2 aliphatic heterocycles. The highest BCUT2D eigenvalue weighted by molar-refractivity contribution is 8.02. The lowest BCUT2D eigenvalue weighted by Crippen LogP contribution is -2.71. The van der Waals surface area contributed by atoms with Crippen molar-refractivity contribution >= 4 is 41.2 Å². The summed E-state index contributed by atoms with van der Waals surface area (Å²) in [6.45, 7) is 6.67. The van der Waals surface area contributed by atoms with Gasteiger partial charge in [-0.05, 0) is 25.1 Å². The molecule has 8 nitrogen and oxygen atoms in total. The molecule has 2 amide bonds. The normalized spacial score (nSPS) is 28.9. The molecule has 0 radical (unpaired) electrons. The second-order valence-electron chi connectivity index (χ2n) is 6.57. The van der Waals surface area contributed by atoms with Gasteiger partial charge in [0.25, 0.3) is 5.91 Å². The number of carbonyl (C=O) groups excluding carboxylic acids is 2. The molecular weight excluding hydrogens is 372 g/mol. The molecule has 2 aliphatic rings. The molecule has 0 bridgehead atoms. The number of β-lactam (4-membered cyclic amide) rings is 1. The van der Waals surface area contributed by atoms with Gasteiger partial charge >= 0.3 is 11.9 Å². The predicted octanol–water partition coefficient (Wildman–Crippen LogP) is 1.42. The van der Waals surface area contributed by atoms with Crippen LogP contribution in [-0.4, -0.2) is 61.1 Å². The summed E-state index contributed by atoms with van der Waals surface area (Å²) >= 11 is 1.26. The number of fused-ring (bicyclic) bond motifs is 1. The molecule has 2 fully saturated rings. The van der Waals surface area contributed by atoms with E-state index < -0.39 is 46.0 Å². The van der Waals surface area contributed by atoms with Gasteiger partial charge < -0.3 is 15.1 Å². The van der Waals surface area contributed by atoms with E-state index in [0.29, 0.717) is 0 Å². The Hall–Kier alpha value is -2.81. The highest BCUT2D eigenvalue weighted by atomic mass is 32.2. The maximum atomic E-state index is 12.8. The summed E-state index contributed by atoms with van der Waals surface area (Å²) in [6, 6.07) is 3.77. The SMILES string of the molecule is C=C[C@@]1(C)S[C@@H]2C(N(C(C)=O)c3cccc(C(=O)O)c3)C(=O)N2C1C(=O)O. The molecule has 0 aromatic heterocycles. The van der Waals surface area contributed by atoms with E-state index in [1.807, 2.05) is 0 Å². The molecule has 0 spiro atoms. The lowest BCUT2D eigenvalue weighted by Gasteiger charge is -2.48. The first-order valence-electron chi connectivity index (χ1n) is 8.12. The van der Waals surface area contributed by atoms with E-state index in [9.17, 15) is 29.4 Å². The van der Waals surface area contributed by atoms with Crippen LogP contribution < -0.4 is 4.90 Å². The Morgan fingerprint density at radius 2 is 2.00 bits per heavy atom. The zero-order chi connectivity index (χ0) is 20.1. The number of carboxylic acids is 2. The maximum absolute atomic E-state index is 12.8. The van der Waals surface area contributed by atoms with E-state index in [1.54, 1.807) is 13.0 Å². The summed E-state index contributed by atoms with van der Waals surface area (Å²) in [4.78, 5) is 50.5. The smallest absolute Gasteiger partial charge is 0.335 e. The van der Waals surface area contributed by atoms with Crippen LogP contribution in [0.4, 0.5) is 5.69 Å². The molecule has 1 aromatic carbocycles. The Bertz CT molecular complexity index is 871. The fourth-order valence-corrected chi connectivity index (χ4v) is 5.22. The van der Waals surface area contributed by atoms with Crippen LogP contribution in [0.25, 0.3) is 0 Å². The van der Waals surface area contributed by atoms with Crippen LogP contribution >= 0.6 is 11.8 Å². The molecule has 3 rings (SSSR count). The molecule has 0 saturated carbocycles. The summed E-state index contributed by atoms with van der Waals surface area (Å²) in [5, 5.41) is 18.2. The number of anilines is 1. The first-order valence-corrected chi connectivity index (χ1v) is 9.00. The van der Waals surface area contributed by atoms with Crippen LogP contribution in [0.2, 0.25) is 0 Å². The van der Waals surface area contributed by atoms with Crippen molar-refractivity contribution < 1.29 is 29.4 Å². The van der Waals surface area contributed by atoms with Gasteiger partial charge in [0.05, 0.1) is 10.3 Å². The van der Waals surface area contributed by atoms with Crippen molar-refractivity contribution in [2.45, 2.75) is 36.1 Å². The summed E-state index contributed by atoms with van der Waals surface area (Å²) in [6.07, 6.45) is 1.50. The number of thioether (sulfide) groups is 1. The average Bonchev–Trinajstić information content (AvgIpc) is 2.89. The molecule has 1 aromatic rings. The number of carboxylic acid groups (broad SMARTS) is 2. The minimum atomic E-state index is -1.15. The third-order valence-corrected chi connectivity index (χ3v) is 6.50. The van der Waals surface area contributed by atoms with Crippen LogP contribution in [-0.2, 0) is 14.4 Å². The van der Waals surface area contributed by atoms with E-state index in [-0.39, 0.29) is 11.3 Å². The number of benzene rings is 1. The summed E-state index contributed by atoms with van der Waals surface area (Å²) in [5.74, 6) is -3.21. The fraction of sp³-hybridized carbons (Fsp3) is 0.333. The van der Waals surface area contributed by atoms with Crippen molar-refractivity contribution in [1.82, 2.24) is 4.90 Å². The quantitative estimate of drug-likeness (QED) is 0.577. The third-order valence-electron chi connectivity index (χ3n) is 4.88. The lowest BCUT2D eigenvalue weighted by molar-refractivity contribution is -0.159. The van der Waals surface area contributed by atoms with E-state index in [4.69, 9.17) is 0 Å². The second-order valence-corrected chi connectivity index (χ2v) is 8.17. The molecule has 9 heteroatoms. The number of amides is 2. The van der Waals surface area contributed by atoms with Crippen LogP contribution in [0.15, 0.2) is 36.9 Å². The van der Waals surface area contributed by atoms with Crippen molar-refractivity contribution in [2.24, 2.45) is 0 Å². The lowest BCUT2D eigenvalue weighted by atomic mass is 9.93. The van der Waals surface area contributed by atoms with Crippen molar-refractivity contribution in [1.29, 1.82) is 0 Å². The van der Waals surface area contributed by atoms with Crippen LogP contribution in [0.3, 0.4) is 0 Å². The van der Waals surface area contributed by atoms with Gasteiger partial charge in [-0.25, -0.2) is 9.59 Å². The summed E-state index contributed by atoms with van der Waals surface area (Å²) < 4.78 is -0.897. The van der Waals surface area contributed by atoms with E-state index in [2.05, 4.69) is 6.58 Å². The van der Waals surface area contributed by atoms with Crippen molar-refractivity contribution in [2.75, 3.05) is 4.90 Å². The Morgan fingerprint density at radius 1 is 1.33 bits per heavy atom. The average molecular weight is 390 g/mol. The van der Waals surface area contributed by atoms with Gasteiger partial charge in [-0.3, -0.25) is 14.5 Å². The Balaban J connectivity index is 2.00. The largest absolute Gasteiger partial charge is 0.480 e. The van der Waals surface area contributed by atoms with Crippen molar-refractivity contribution in [3.63, 3.8) is 0 Å². The topological polar surface area (TPSA) is 115 Å². The monoisotopic (exact) mass is 390 g/mol. The van der Waals surface area contributed by atoms with Crippen LogP contribution in [0.5, 0.6) is 0 Å². The zero-order valence-electron chi connectivity index (χ0n) is 14.7. The Morgan fingerprint density at radius 3 is 2.52 bits per heavy atom. The number of hydrogen-bond donors (Lipinski definition) is 2. The second kappa shape index (κ2) is 6.41. The third kappa shape index (κ3) is 2.78. The molecule has 4 atom stereocenters. The molecule has 142 valence electrons. The van der Waals surface area contributed by atoms with Gasteiger partial charge in [-0.15, -0.1) is 18.3 Å². The van der Waals surface area contributed by atoms with Crippen LogP contribution in [0, 0.1) is 0 Å². The number of nitrogens with zero attached hydrogens (tertiary/aromatic N) is 2.